The van der Waals surface area contributed by atoms with Gasteiger partial charge in [-0.25, -0.2) is 13.2 Å². The highest BCUT2D eigenvalue weighted by atomic mass is 32.2. The number of carbonyl (C=O) groups is 2. The molecule has 0 saturated carbocycles. The van der Waals surface area contributed by atoms with Gasteiger partial charge < -0.3 is 9.72 Å². The van der Waals surface area contributed by atoms with Gasteiger partial charge in [-0.15, -0.1) is 0 Å². The standard InChI is InChI=1S/C20H19NO5S/c1-3-13-5-4-6-16-17(11-21-19(13)16)18(22)12-26-20(23)14-7-9-15(10-8-14)27(2,24)25/h4-11,21H,3,12H2,1-2H3. The molecule has 1 N–H and O–H groups in total. The molecule has 0 aliphatic heterocycles. The van der Waals surface area contributed by atoms with Gasteiger partial charge in [-0.05, 0) is 36.2 Å². The molecular formula is C20H19NO5S. The molecule has 0 aliphatic carbocycles. The van der Waals surface area contributed by atoms with Crippen LogP contribution in [0.2, 0.25) is 0 Å². The number of sulfone groups is 1. The highest BCUT2D eigenvalue weighted by molar-refractivity contribution is 7.90. The Labute approximate surface area is 157 Å². The number of nitrogens with one attached hydrogen (secondary N) is 1. The highest BCUT2D eigenvalue weighted by Gasteiger charge is 2.17. The van der Waals surface area contributed by atoms with Gasteiger partial charge in [0.2, 0.25) is 5.78 Å². The van der Waals surface area contributed by atoms with Crippen LogP contribution >= 0.6 is 0 Å². The summed E-state index contributed by atoms with van der Waals surface area (Å²) in [5.74, 6) is -0.993. The molecule has 140 valence electrons. The zero-order valence-electron chi connectivity index (χ0n) is 15.0. The minimum atomic E-state index is -3.34. The summed E-state index contributed by atoms with van der Waals surface area (Å²) >= 11 is 0. The van der Waals surface area contributed by atoms with Crippen molar-refractivity contribution in [1.29, 1.82) is 0 Å². The average Bonchev–Trinajstić information content (AvgIpc) is 3.09. The van der Waals surface area contributed by atoms with E-state index in [9.17, 15) is 18.0 Å². The second-order valence-electron chi connectivity index (χ2n) is 6.19. The van der Waals surface area contributed by atoms with E-state index in [4.69, 9.17) is 4.74 Å². The first-order valence-electron chi connectivity index (χ1n) is 8.40. The molecule has 6 nitrogen and oxygen atoms in total. The third-order valence-corrected chi connectivity index (χ3v) is 5.46. The first-order valence-corrected chi connectivity index (χ1v) is 10.3. The second kappa shape index (κ2) is 7.36. The lowest BCUT2D eigenvalue weighted by atomic mass is 10.1. The Balaban J connectivity index is 1.71. The Morgan fingerprint density at radius 3 is 2.41 bits per heavy atom. The fraction of sp³-hybridized carbons (Fsp3) is 0.200. The van der Waals surface area contributed by atoms with Crippen molar-refractivity contribution in [2.75, 3.05) is 12.9 Å². The van der Waals surface area contributed by atoms with Crippen LogP contribution in [0.25, 0.3) is 10.9 Å². The predicted molar refractivity (Wildman–Crippen MR) is 102 cm³/mol. The van der Waals surface area contributed by atoms with E-state index in [1.807, 2.05) is 25.1 Å². The quantitative estimate of drug-likeness (QED) is 0.520. The minimum Gasteiger partial charge on any atom is -0.454 e. The van der Waals surface area contributed by atoms with Gasteiger partial charge in [-0.1, -0.05) is 25.1 Å². The Hall–Kier alpha value is -2.93. The van der Waals surface area contributed by atoms with E-state index < -0.39 is 22.4 Å². The molecule has 27 heavy (non-hydrogen) atoms. The summed E-state index contributed by atoms with van der Waals surface area (Å²) in [5, 5.41) is 0.799. The van der Waals surface area contributed by atoms with Gasteiger partial charge in [-0.2, -0.15) is 0 Å². The number of Topliss-reactive ketones (excluding diaryl/α,β-unsaturated/α-hetero) is 1. The number of H-pyrrole nitrogens is 1. The zero-order chi connectivity index (χ0) is 19.6. The number of benzene rings is 2. The molecule has 7 heteroatoms. The Bertz CT molecular complexity index is 1110. The van der Waals surface area contributed by atoms with Crippen LogP contribution in [0.4, 0.5) is 0 Å². The number of fused-ring (bicyclic) bond motifs is 1. The molecule has 1 aromatic heterocycles. The van der Waals surface area contributed by atoms with Crippen LogP contribution in [0.1, 0.15) is 33.2 Å². The van der Waals surface area contributed by atoms with Crippen LogP contribution in [0.3, 0.4) is 0 Å². The number of para-hydroxylation sites is 1. The number of aryl methyl sites for hydroxylation is 1. The average molecular weight is 385 g/mol. The van der Waals surface area contributed by atoms with Crippen LogP contribution in [-0.2, 0) is 21.0 Å². The smallest absolute Gasteiger partial charge is 0.338 e. The van der Waals surface area contributed by atoms with E-state index in [-0.39, 0.29) is 16.2 Å². The predicted octanol–water partition coefficient (Wildman–Crippen LogP) is 3.17. The van der Waals surface area contributed by atoms with Crippen molar-refractivity contribution < 1.29 is 22.7 Å². The summed E-state index contributed by atoms with van der Waals surface area (Å²) in [7, 11) is -3.34. The monoisotopic (exact) mass is 385 g/mol. The Morgan fingerprint density at radius 2 is 1.78 bits per heavy atom. The number of carbonyl (C=O) groups excluding carboxylic acids is 2. The molecule has 3 rings (SSSR count). The van der Waals surface area contributed by atoms with Gasteiger partial charge >= 0.3 is 5.97 Å². The molecule has 0 spiro atoms. The largest absolute Gasteiger partial charge is 0.454 e. The van der Waals surface area contributed by atoms with Crippen LogP contribution in [0.5, 0.6) is 0 Å². The number of aromatic amines is 1. The van der Waals surface area contributed by atoms with Gasteiger partial charge in [0.15, 0.2) is 16.4 Å². The number of esters is 1. The molecule has 0 unspecified atom stereocenters. The van der Waals surface area contributed by atoms with E-state index in [0.29, 0.717) is 5.56 Å². The number of rotatable bonds is 6. The maximum atomic E-state index is 12.5. The molecule has 3 aromatic rings. The maximum Gasteiger partial charge on any atom is 0.338 e. The first-order chi connectivity index (χ1) is 12.8. The zero-order valence-corrected chi connectivity index (χ0v) is 15.8. The van der Waals surface area contributed by atoms with Crippen LogP contribution in [0, 0.1) is 0 Å². The van der Waals surface area contributed by atoms with Crippen molar-refractivity contribution in [2.24, 2.45) is 0 Å². The van der Waals surface area contributed by atoms with Gasteiger partial charge in [0, 0.05) is 28.9 Å². The molecule has 0 bridgehead atoms. The number of hydrogen-bond donors (Lipinski definition) is 1. The number of aromatic nitrogens is 1. The third kappa shape index (κ3) is 3.93. The van der Waals surface area contributed by atoms with E-state index in [1.165, 1.54) is 24.3 Å². The van der Waals surface area contributed by atoms with Gasteiger partial charge in [0.1, 0.15) is 0 Å². The van der Waals surface area contributed by atoms with E-state index >= 15 is 0 Å². The fourth-order valence-corrected chi connectivity index (χ4v) is 3.50. The molecule has 2 aromatic carbocycles. The van der Waals surface area contributed by atoms with Gasteiger partial charge in [-0.3, -0.25) is 4.79 Å². The maximum absolute atomic E-state index is 12.5. The van der Waals surface area contributed by atoms with Crippen molar-refractivity contribution in [3.8, 4) is 0 Å². The molecular weight excluding hydrogens is 366 g/mol. The summed E-state index contributed by atoms with van der Waals surface area (Å²) in [6.45, 7) is 1.64. The van der Waals surface area contributed by atoms with E-state index in [1.54, 1.807) is 6.20 Å². The van der Waals surface area contributed by atoms with Crippen LogP contribution in [0.15, 0.2) is 53.6 Å². The second-order valence-corrected chi connectivity index (χ2v) is 8.21. The van der Waals surface area contributed by atoms with Crippen molar-refractivity contribution in [2.45, 2.75) is 18.2 Å². The molecule has 0 aliphatic rings. The van der Waals surface area contributed by atoms with Crippen molar-refractivity contribution in [1.82, 2.24) is 4.98 Å². The summed E-state index contributed by atoms with van der Waals surface area (Å²) in [4.78, 5) is 27.8. The first kappa shape index (κ1) is 18.8. The van der Waals surface area contributed by atoms with Crippen molar-refractivity contribution in [3.05, 3.63) is 65.4 Å². The lowest BCUT2D eigenvalue weighted by Gasteiger charge is -2.05. The molecule has 0 saturated heterocycles. The molecule has 0 atom stereocenters. The lowest BCUT2D eigenvalue weighted by molar-refractivity contribution is 0.0475. The van der Waals surface area contributed by atoms with E-state index in [2.05, 4.69) is 4.98 Å². The third-order valence-electron chi connectivity index (χ3n) is 4.34. The molecule has 0 amide bonds. The van der Waals surface area contributed by atoms with Crippen LogP contribution in [-0.4, -0.2) is 38.0 Å². The summed E-state index contributed by atoms with van der Waals surface area (Å²) in [5.41, 5.74) is 2.67. The highest BCUT2D eigenvalue weighted by Crippen LogP contribution is 2.22. The molecule has 1 heterocycles. The van der Waals surface area contributed by atoms with E-state index in [0.717, 1.165) is 29.1 Å². The van der Waals surface area contributed by atoms with Gasteiger partial charge in [0.05, 0.1) is 10.5 Å². The van der Waals surface area contributed by atoms with Crippen molar-refractivity contribution in [3.63, 3.8) is 0 Å². The molecule has 0 radical (unpaired) electrons. The summed E-state index contributed by atoms with van der Waals surface area (Å²) < 4.78 is 28.0. The number of ether oxygens (including phenoxy) is 1. The topological polar surface area (TPSA) is 93.3 Å². The molecule has 0 fully saturated rings. The van der Waals surface area contributed by atoms with Crippen molar-refractivity contribution >= 4 is 32.5 Å². The number of ketones is 1. The summed E-state index contributed by atoms with van der Waals surface area (Å²) in [6.07, 6.45) is 3.55. The fourth-order valence-electron chi connectivity index (χ4n) is 2.87. The lowest BCUT2D eigenvalue weighted by Crippen LogP contribution is -2.14. The summed E-state index contributed by atoms with van der Waals surface area (Å²) in [6, 6.07) is 11.1. The SMILES string of the molecule is CCc1cccc2c(C(=O)COC(=O)c3ccc(S(C)(=O)=O)cc3)c[nH]c12. The Kier molecular flexibility index (Phi) is 5.14. The minimum absolute atomic E-state index is 0.112. The number of hydrogen-bond acceptors (Lipinski definition) is 5. The Morgan fingerprint density at radius 1 is 1.07 bits per heavy atom. The van der Waals surface area contributed by atoms with Gasteiger partial charge in [0.25, 0.3) is 0 Å². The normalized spacial score (nSPS) is 11.5. The van der Waals surface area contributed by atoms with Crippen LogP contribution < -0.4 is 0 Å².